The summed E-state index contributed by atoms with van der Waals surface area (Å²) in [6, 6.07) is 4.31. The smallest absolute Gasteiger partial charge is 0.162 e. The van der Waals surface area contributed by atoms with E-state index in [4.69, 9.17) is 5.84 Å². The molecule has 1 aliphatic heterocycles. The average Bonchev–Trinajstić information content (AvgIpc) is 2.62. The zero-order valence-electron chi connectivity index (χ0n) is 12.6. The largest absolute Gasteiger partial charge is 0.305 e. The van der Waals surface area contributed by atoms with Crippen LogP contribution < -0.4 is 11.3 Å². The van der Waals surface area contributed by atoms with Gasteiger partial charge in [0.15, 0.2) is 11.6 Å². The van der Waals surface area contributed by atoms with Crippen molar-refractivity contribution in [3.63, 3.8) is 0 Å². The Morgan fingerprint density at radius 2 is 2.10 bits per heavy atom. The van der Waals surface area contributed by atoms with Gasteiger partial charge in [0.2, 0.25) is 0 Å². The highest BCUT2D eigenvalue weighted by Crippen LogP contribution is 2.17. The lowest BCUT2D eigenvalue weighted by Crippen LogP contribution is -2.55. The van der Waals surface area contributed by atoms with Crippen molar-refractivity contribution >= 4 is 0 Å². The van der Waals surface area contributed by atoms with E-state index in [9.17, 15) is 8.78 Å². The van der Waals surface area contributed by atoms with Crippen LogP contribution in [-0.4, -0.2) is 55.6 Å². The number of halogens is 2. The third-order valence-electron chi connectivity index (χ3n) is 4.27. The molecule has 1 fully saturated rings. The fourth-order valence-electron chi connectivity index (χ4n) is 2.99. The van der Waals surface area contributed by atoms with E-state index in [1.807, 2.05) is 0 Å². The number of hydrazine groups is 1. The van der Waals surface area contributed by atoms with Gasteiger partial charge in [0.1, 0.15) is 0 Å². The summed E-state index contributed by atoms with van der Waals surface area (Å²) in [6.07, 6.45) is 1.46. The highest BCUT2D eigenvalue weighted by molar-refractivity contribution is 5.20. The second-order valence-corrected chi connectivity index (χ2v) is 5.85. The molecule has 1 aromatic rings. The van der Waals surface area contributed by atoms with Gasteiger partial charge in [0, 0.05) is 18.6 Å². The summed E-state index contributed by atoms with van der Waals surface area (Å²) in [6.45, 7) is 2.85. The molecule has 6 heteroatoms. The molecule has 0 aliphatic carbocycles. The van der Waals surface area contributed by atoms with Crippen LogP contribution in [0.4, 0.5) is 8.78 Å². The Morgan fingerprint density at radius 1 is 1.33 bits per heavy atom. The lowest BCUT2D eigenvalue weighted by Gasteiger charge is -2.34. The highest BCUT2D eigenvalue weighted by atomic mass is 19.2. The van der Waals surface area contributed by atoms with Crippen molar-refractivity contribution in [2.45, 2.75) is 24.9 Å². The van der Waals surface area contributed by atoms with Crippen LogP contribution in [0, 0.1) is 11.6 Å². The normalized spacial score (nSPS) is 23.0. The quantitative estimate of drug-likeness (QED) is 0.642. The van der Waals surface area contributed by atoms with E-state index < -0.39 is 11.6 Å². The summed E-state index contributed by atoms with van der Waals surface area (Å²) in [5.74, 6) is 4.10. The Hall–Kier alpha value is -1.08. The zero-order valence-corrected chi connectivity index (χ0v) is 12.6. The Morgan fingerprint density at radius 3 is 2.81 bits per heavy atom. The molecule has 1 heterocycles. The van der Waals surface area contributed by atoms with Crippen LogP contribution >= 0.6 is 0 Å². The standard InChI is InChI=1S/C15H24F2N4/c1-20-7-4-8-21(2)14(10-20)13(19-18)9-11-5-3-6-12(16)15(11)17/h3,5-6,13-14,19H,4,7-10,18H2,1-2H3. The first-order valence-electron chi connectivity index (χ1n) is 7.30. The van der Waals surface area contributed by atoms with Crippen LogP contribution in [0.3, 0.4) is 0 Å². The summed E-state index contributed by atoms with van der Waals surface area (Å²) in [7, 11) is 4.12. The molecule has 0 saturated carbocycles. The number of likely N-dealkylation sites (N-methyl/N-ethyl adjacent to an activating group) is 2. The molecule has 21 heavy (non-hydrogen) atoms. The van der Waals surface area contributed by atoms with Crippen molar-refractivity contribution in [3.8, 4) is 0 Å². The first-order valence-corrected chi connectivity index (χ1v) is 7.30. The number of nitrogens with one attached hydrogen (secondary N) is 1. The van der Waals surface area contributed by atoms with Gasteiger partial charge in [-0.1, -0.05) is 12.1 Å². The fraction of sp³-hybridized carbons (Fsp3) is 0.600. The van der Waals surface area contributed by atoms with Gasteiger partial charge in [-0.2, -0.15) is 0 Å². The maximum absolute atomic E-state index is 13.9. The summed E-state index contributed by atoms with van der Waals surface area (Å²) >= 11 is 0. The Balaban J connectivity index is 2.16. The second kappa shape index (κ2) is 7.26. The van der Waals surface area contributed by atoms with Gasteiger partial charge in [-0.15, -0.1) is 0 Å². The molecular formula is C15H24F2N4. The second-order valence-electron chi connectivity index (χ2n) is 5.85. The highest BCUT2D eigenvalue weighted by Gasteiger charge is 2.28. The van der Waals surface area contributed by atoms with Gasteiger partial charge in [-0.25, -0.2) is 8.78 Å². The van der Waals surface area contributed by atoms with Crippen LogP contribution in [-0.2, 0) is 6.42 Å². The van der Waals surface area contributed by atoms with Crippen molar-refractivity contribution in [3.05, 3.63) is 35.4 Å². The van der Waals surface area contributed by atoms with Crippen molar-refractivity contribution in [1.82, 2.24) is 15.2 Å². The molecule has 3 N–H and O–H groups in total. The predicted octanol–water partition coefficient (Wildman–Crippen LogP) is 0.975. The van der Waals surface area contributed by atoms with Gasteiger partial charge < -0.3 is 9.80 Å². The van der Waals surface area contributed by atoms with Crippen LogP contribution in [0.25, 0.3) is 0 Å². The zero-order chi connectivity index (χ0) is 15.4. The van der Waals surface area contributed by atoms with Crippen molar-refractivity contribution in [2.24, 2.45) is 5.84 Å². The lowest BCUT2D eigenvalue weighted by atomic mass is 9.98. The van der Waals surface area contributed by atoms with E-state index >= 15 is 0 Å². The number of hydrogen-bond acceptors (Lipinski definition) is 4. The first kappa shape index (κ1) is 16.3. The van der Waals surface area contributed by atoms with E-state index in [0.29, 0.717) is 12.0 Å². The van der Waals surface area contributed by atoms with E-state index in [2.05, 4.69) is 29.3 Å². The molecule has 0 bridgehead atoms. The minimum atomic E-state index is -0.811. The average molecular weight is 298 g/mol. The maximum Gasteiger partial charge on any atom is 0.162 e. The molecule has 1 aliphatic rings. The number of nitrogens with two attached hydrogens (primary N) is 1. The van der Waals surface area contributed by atoms with Crippen LogP contribution in [0.5, 0.6) is 0 Å². The SMILES string of the molecule is CN1CCCN(C)C(C(Cc2cccc(F)c2F)NN)C1. The molecule has 1 aromatic carbocycles. The number of benzene rings is 1. The molecule has 0 amide bonds. The molecule has 0 spiro atoms. The number of hydrogen-bond donors (Lipinski definition) is 2. The molecule has 118 valence electrons. The van der Waals surface area contributed by atoms with Gasteiger partial charge in [-0.05, 0) is 51.7 Å². The van der Waals surface area contributed by atoms with Gasteiger partial charge in [0.25, 0.3) is 0 Å². The molecule has 0 radical (unpaired) electrons. The van der Waals surface area contributed by atoms with Crippen molar-refractivity contribution in [2.75, 3.05) is 33.7 Å². The van der Waals surface area contributed by atoms with Gasteiger partial charge in [-0.3, -0.25) is 11.3 Å². The molecule has 0 aromatic heterocycles. The Labute approximate surface area is 124 Å². The third-order valence-corrected chi connectivity index (χ3v) is 4.27. The summed E-state index contributed by atoms with van der Waals surface area (Å²) in [4.78, 5) is 4.49. The molecule has 2 atom stereocenters. The summed E-state index contributed by atoms with van der Waals surface area (Å²) in [5, 5.41) is 0. The van der Waals surface area contributed by atoms with E-state index in [1.54, 1.807) is 6.07 Å². The Kier molecular flexibility index (Phi) is 5.64. The predicted molar refractivity (Wildman–Crippen MR) is 79.7 cm³/mol. The molecule has 1 saturated heterocycles. The van der Waals surface area contributed by atoms with E-state index in [-0.39, 0.29) is 12.1 Å². The van der Waals surface area contributed by atoms with Gasteiger partial charge >= 0.3 is 0 Å². The minimum Gasteiger partial charge on any atom is -0.305 e. The van der Waals surface area contributed by atoms with Crippen LogP contribution in [0.2, 0.25) is 0 Å². The minimum absolute atomic E-state index is 0.133. The maximum atomic E-state index is 13.9. The first-order chi connectivity index (χ1) is 10.0. The lowest BCUT2D eigenvalue weighted by molar-refractivity contribution is 0.176. The molecule has 4 nitrogen and oxygen atoms in total. The summed E-state index contributed by atoms with van der Waals surface area (Å²) in [5.41, 5.74) is 3.15. The Bertz CT molecular complexity index is 469. The molecule has 2 unspecified atom stereocenters. The molecule has 2 rings (SSSR count). The van der Waals surface area contributed by atoms with Gasteiger partial charge in [0.05, 0.1) is 0 Å². The topological polar surface area (TPSA) is 44.5 Å². The van der Waals surface area contributed by atoms with Crippen molar-refractivity contribution in [1.29, 1.82) is 0 Å². The monoisotopic (exact) mass is 298 g/mol. The van der Waals surface area contributed by atoms with Crippen LogP contribution in [0.1, 0.15) is 12.0 Å². The summed E-state index contributed by atoms with van der Waals surface area (Å²) < 4.78 is 27.2. The van der Waals surface area contributed by atoms with E-state index in [0.717, 1.165) is 32.1 Å². The van der Waals surface area contributed by atoms with Crippen molar-refractivity contribution < 1.29 is 8.78 Å². The fourth-order valence-corrected chi connectivity index (χ4v) is 2.99. The number of rotatable bonds is 4. The van der Waals surface area contributed by atoms with E-state index in [1.165, 1.54) is 6.07 Å². The number of nitrogens with zero attached hydrogens (tertiary/aromatic N) is 2. The molecular weight excluding hydrogens is 274 g/mol. The van der Waals surface area contributed by atoms with Crippen LogP contribution in [0.15, 0.2) is 18.2 Å². The third kappa shape index (κ3) is 3.97.